The number of carbonyl (C=O) groups excluding carboxylic acids is 1. The summed E-state index contributed by atoms with van der Waals surface area (Å²) in [6.07, 6.45) is -5.21. The van der Waals surface area contributed by atoms with Crippen molar-refractivity contribution in [2.45, 2.75) is 43.9 Å². The van der Waals surface area contributed by atoms with Crippen LogP contribution in [0.3, 0.4) is 0 Å². The molecule has 3 atom stereocenters. The molecule has 34 heavy (non-hydrogen) atoms. The number of aliphatic hydroxyl groups is 1. The van der Waals surface area contributed by atoms with Crippen LogP contribution in [0.5, 0.6) is 0 Å². The second kappa shape index (κ2) is 9.27. The van der Waals surface area contributed by atoms with Crippen LogP contribution in [-0.4, -0.2) is 61.5 Å². The first-order chi connectivity index (χ1) is 16.1. The molecule has 4 rings (SSSR count). The van der Waals surface area contributed by atoms with Crippen LogP contribution >= 0.6 is 0 Å². The van der Waals surface area contributed by atoms with Gasteiger partial charge in [0.1, 0.15) is 5.82 Å². The molecule has 2 fully saturated rings. The zero-order chi connectivity index (χ0) is 24.7. The molecular formula is C23H24F4N2O4S. The summed E-state index contributed by atoms with van der Waals surface area (Å²) >= 11 is 0. The van der Waals surface area contributed by atoms with E-state index in [1.54, 1.807) is 42.5 Å². The number of carbonyl (C=O) groups is 1. The summed E-state index contributed by atoms with van der Waals surface area (Å²) in [6.45, 7) is -0.0975. The van der Waals surface area contributed by atoms with E-state index in [0.29, 0.717) is 18.4 Å². The number of aliphatic hydroxyl groups excluding tert-OH is 1. The fourth-order valence-corrected chi connectivity index (χ4v) is 5.61. The third-order valence-electron chi connectivity index (χ3n) is 6.64. The molecule has 2 N–H and O–H groups in total. The number of nitrogens with zero attached hydrogens (tertiary/aromatic N) is 1. The average molecular weight is 501 g/mol. The molecule has 1 spiro atoms. The molecule has 2 aliphatic rings. The first-order valence-corrected chi connectivity index (χ1v) is 12.4. The van der Waals surface area contributed by atoms with Gasteiger partial charge in [0, 0.05) is 23.6 Å². The normalized spacial score (nSPS) is 22.4. The van der Waals surface area contributed by atoms with Gasteiger partial charge in [-0.25, -0.2) is 30.7 Å². The molecule has 1 saturated carbocycles. The fourth-order valence-electron chi connectivity index (χ4n) is 4.75. The molecule has 2 aromatic carbocycles. The zero-order valence-corrected chi connectivity index (χ0v) is 18.8. The van der Waals surface area contributed by atoms with Crippen LogP contribution in [0.25, 0.3) is 11.1 Å². The predicted octanol–water partition coefficient (Wildman–Crippen LogP) is 2.87. The smallest absolute Gasteiger partial charge is 0.273 e. The minimum Gasteiger partial charge on any atom is -0.378 e. The van der Waals surface area contributed by atoms with Crippen molar-refractivity contribution < 1.29 is 35.9 Å². The number of rotatable bonds is 8. The highest BCUT2D eigenvalue weighted by Crippen LogP contribution is 2.55. The number of sulfonamides is 1. The molecule has 1 amide bonds. The molecule has 184 valence electrons. The predicted molar refractivity (Wildman–Crippen MR) is 117 cm³/mol. The molecule has 2 aromatic rings. The Bertz CT molecular complexity index is 1160. The first kappa shape index (κ1) is 24.6. The van der Waals surface area contributed by atoms with Crippen LogP contribution in [0.15, 0.2) is 48.5 Å². The maximum Gasteiger partial charge on any atom is 0.273 e. The van der Waals surface area contributed by atoms with Gasteiger partial charge in [0.05, 0.1) is 6.04 Å². The van der Waals surface area contributed by atoms with Crippen molar-refractivity contribution in [2.75, 3.05) is 12.6 Å². The Morgan fingerprint density at radius 3 is 2.41 bits per heavy atom. The number of benzene rings is 2. The Kier molecular flexibility index (Phi) is 6.71. The Hall–Kier alpha value is -2.50. The van der Waals surface area contributed by atoms with Gasteiger partial charge < -0.3 is 10.0 Å². The van der Waals surface area contributed by atoms with Crippen LogP contribution in [0.2, 0.25) is 0 Å². The molecule has 0 radical (unpaired) electrons. The first-order valence-electron chi connectivity index (χ1n) is 10.7. The van der Waals surface area contributed by atoms with E-state index in [4.69, 9.17) is 0 Å². The summed E-state index contributed by atoms with van der Waals surface area (Å²) in [6, 6.07) is 9.51. The van der Waals surface area contributed by atoms with E-state index in [9.17, 15) is 31.5 Å². The molecule has 1 aliphatic heterocycles. The van der Waals surface area contributed by atoms with Gasteiger partial charge >= 0.3 is 0 Å². The van der Waals surface area contributed by atoms with Crippen LogP contribution in [0, 0.1) is 11.2 Å². The van der Waals surface area contributed by atoms with Crippen LogP contribution in [-0.2, 0) is 21.2 Å². The highest BCUT2D eigenvalue weighted by Gasteiger charge is 2.62. The van der Waals surface area contributed by atoms with Crippen LogP contribution in [0.4, 0.5) is 17.6 Å². The standard InChI is InChI=1S/C23H24F4N2O4S/c24-13-34(32,33)28-20-17(29(12-23(20)9-10-23)22(31)19(30)21(26)27)11-15-7-4-8-16(18(15)25)14-5-2-1-3-6-14/h1-8,17,19-21,28,30H,9-13H2/t17-,19?,20+/m0/s1. The molecule has 11 heteroatoms. The van der Waals surface area contributed by atoms with Gasteiger partial charge in [-0.1, -0.05) is 48.5 Å². The van der Waals surface area contributed by atoms with Gasteiger partial charge in [-0.05, 0) is 30.4 Å². The SMILES string of the molecule is O=C(C(O)C(F)F)N1CC2(CC2)[C@H](NS(=O)(=O)CF)[C@@H]1Cc1cccc(-c2ccccc2)c1F. The van der Waals surface area contributed by atoms with E-state index in [1.807, 2.05) is 0 Å². The molecule has 0 bridgehead atoms. The third-order valence-corrected chi connectivity index (χ3v) is 7.54. The van der Waals surface area contributed by atoms with Gasteiger partial charge in [0.15, 0.2) is 6.10 Å². The highest BCUT2D eigenvalue weighted by atomic mass is 32.2. The van der Waals surface area contributed by atoms with E-state index >= 15 is 4.39 Å². The third kappa shape index (κ3) is 4.69. The molecule has 1 heterocycles. The highest BCUT2D eigenvalue weighted by molar-refractivity contribution is 7.89. The van der Waals surface area contributed by atoms with Gasteiger partial charge in [-0.2, -0.15) is 0 Å². The van der Waals surface area contributed by atoms with E-state index in [-0.39, 0.29) is 24.1 Å². The number of likely N-dealkylation sites (tertiary alicyclic amines) is 1. The summed E-state index contributed by atoms with van der Waals surface area (Å²) in [5, 5.41) is 9.73. The van der Waals surface area contributed by atoms with Crippen molar-refractivity contribution in [1.29, 1.82) is 0 Å². The quantitative estimate of drug-likeness (QED) is 0.546. The molecule has 0 aromatic heterocycles. The van der Waals surface area contributed by atoms with Crippen LogP contribution in [0.1, 0.15) is 18.4 Å². The lowest BCUT2D eigenvalue weighted by Gasteiger charge is -2.30. The summed E-state index contributed by atoms with van der Waals surface area (Å²) in [5.41, 5.74) is 0.238. The summed E-state index contributed by atoms with van der Waals surface area (Å²) < 4.78 is 81.2. The summed E-state index contributed by atoms with van der Waals surface area (Å²) in [4.78, 5) is 13.7. The maximum atomic E-state index is 15.5. The number of hydrogen-bond donors (Lipinski definition) is 2. The molecule has 1 aliphatic carbocycles. The average Bonchev–Trinajstić information content (AvgIpc) is 3.55. The second-order valence-electron chi connectivity index (χ2n) is 8.84. The number of hydrogen-bond acceptors (Lipinski definition) is 4. The Morgan fingerprint density at radius 2 is 1.82 bits per heavy atom. The minimum absolute atomic E-state index is 0.0975. The fraction of sp³-hybridized carbons (Fsp3) is 0.435. The van der Waals surface area contributed by atoms with E-state index in [0.717, 1.165) is 4.90 Å². The van der Waals surface area contributed by atoms with E-state index < -0.39 is 57.8 Å². The monoisotopic (exact) mass is 500 g/mol. The minimum atomic E-state index is -4.37. The Morgan fingerprint density at radius 1 is 1.15 bits per heavy atom. The molecule has 1 unspecified atom stereocenters. The summed E-state index contributed by atoms with van der Waals surface area (Å²) in [7, 11) is -4.37. The number of halogens is 4. The maximum absolute atomic E-state index is 15.5. The molecule has 6 nitrogen and oxygen atoms in total. The second-order valence-corrected chi connectivity index (χ2v) is 10.5. The van der Waals surface area contributed by atoms with Crippen molar-refractivity contribution in [3.63, 3.8) is 0 Å². The Labute approximate surface area is 194 Å². The van der Waals surface area contributed by atoms with Crippen molar-refractivity contribution in [1.82, 2.24) is 9.62 Å². The lowest BCUT2D eigenvalue weighted by molar-refractivity contribution is -0.149. The topological polar surface area (TPSA) is 86.7 Å². The van der Waals surface area contributed by atoms with Crippen molar-refractivity contribution in [3.8, 4) is 11.1 Å². The van der Waals surface area contributed by atoms with E-state index in [2.05, 4.69) is 4.72 Å². The van der Waals surface area contributed by atoms with Gasteiger partial charge in [-0.15, -0.1) is 0 Å². The molecule has 1 saturated heterocycles. The number of nitrogens with one attached hydrogen (secondary N) is 1. The zero-order valence-electron chi connectivity index (χ0n) is 18.0. The van der Waals surface area contributed by atoms with E-state index in [1.165, 1.54) is 6.07 Å². The van der Waals surface area contributed by atoms with Crippen molar-refractivity contribution in [2.24, 2.45) is 5.41 Å². The largest absolute Gasteiger partial charge is 0.378 e. The number of alkyl halides is 3. The van der Waals surface area contributed by atoms with Gasteiger partial charge in [0.2, 0.25) is 16.0 Å². The van der Waals surface area contributed by atoms with Crippen LogP contribution < -0.4 is 4.72 Å². The lowest BCUT2D eigenvalue weighted by atomic mass is 9.91. The van der Waals surface area contributed by atoms with Crippen molar-refractivity contribution >= 4 is 15.9 Å². The summed E-state index contributed by atoms with van der Waals surface area (Å²) in [5.74, 6) is -1.87. The number of amides is 1. The van der Waals surface area contributed by atoms with Crippen molar-refractivity contribution in [3.05, 3.63) is 59.9 Å². The Balaban J connectivity index is 1.73. The van der Waals surface area contributed by atoms with Gasteiger partial charge in [-0.3, -0.25) is 4.79 Å². The lowest BCUT2D eigenvalue weighted by Crippen LogP contribution is -2.52. The molecular weight excluding hydrogens is 476 g/mol. The van der Waals surface area contributed by atoms with Gasteiger partial charge in [0.25, 0.3) is 12.3 Å².